The molecule has 1 aromatic rings. The van der Waals surface area contributed by atoms with Crippen LogP contribution in [-0.4, -0.2) is 64.3 Å². The molecule has 0 spiro atoms. The number of nitrogens with zero attached hydrogens (tertiary/aromatic N) is 4. The van der Waals surface area contributed by atoms with E-state index in [1.165, 1.54) is 25.0 Å². The molecule has 0 N–H and O–H groups in total. The van der Waals surface area contributed by atoms with E-state index in [0.717, 1.165) is 0 Å². The number of methoxy groups -OCH3 is 1. The normalized spacial score (nSPS) is 16.8. The Morgan fingerprint density at radius 2 is 2.17 bits per heavy atom. The predicted octanol–water partition coefficient (Wildman–Crippen LogP) is 0.347. The second-order valence-electron chi connectivity index (χ2n) is 5.41. The van der Waals surface area contributed by atoms with E-state index in [-0.39, 0.29) is 30.8 Å². The minimum atomic E-state index is -0.567. The quantitative estimate of drug-likeness (QED) is 0.545. The van der Waals surface area contributed by atoms with Crippen LogP contribution in [0.2, 0.25) is 0 Å². The summed E-state index contributed by atoms with van der Waals surface area (Å²) in [5.74, 6) is -1.03. The van der Waals surface area contributed by atoms with Gasteiger partial charge in [-0.05, 0) is 6.42 Å². The number of hydrogen-bond donors (Lipinski definition) is 0. The number of rotatable bonds is 6. The van der Waals surface area contributed by atoms with Crippen molar-refractivity contribution in [2.24, 2.45) is 0 Å². The summed E-state index contributed by atoms with van der Waals surface area (Å²) in [7, 11) is 1.28. The number of esters is 2. The Morgan fingerprint density at radius 3 is 2.83 bits per heavy atom. The van der Waals surface area contributed by atoms with Crippen LogP contribution in [0.4, 0.5) is 0 Å². The van der Waals surface area contributed by atoms with Crippen molar-refractivity contribution in [1.29, 1.82) is 0 Å². The van der Waals surface area contributed by atoms with Crippen molar-refractivity contribution in [3.05, 3.63) is 24.3 Å². The molecule has 0 radical (unpaired) electrons. The topological polar surface area (TPSA) is 104 Å². The zero-order valence-electron chi connectivity index (χ0n) is 13.7. The molecule has 0 aromatic carbocycles. The fourth-order valence-corrected chi connectivity index (χ4v) is 2.53. The molecule has 0 saturated carbocycles. The second-order valence-corrected chi connectivity index (χ2v) is 5.41. The number of hydrogen-bond acceptors (Lipinski definition) is 7. The first-order valence-electron chi connectivity index (χ1n) is 7.52. The van der Waals surface area contributed by atoms with Gasteiger partial charge in [0.05, 0.1) is 19.8 Å². The van der Waals surface area contributed by atoms with Gasteiger partial charge in [-0.3, -0.25) is 9.59 Å². The van der Waals surface area contributed by atoms with Gasteiger partial charge in [0.2, 0.25) is 11.7 Å². The third-order valence-corrected chi connectivity index (χ3v) is 3.75. The van der Waals surface area contributed by atoms with Crippen molar-refractivity contribution in [2.45, 2.75) is 25.8 Å². The summed E-state index contributed by atoms with van der Waals surface area (Å²) in [6, 6.07) is -0.146. The minimum Gasteiger partial charge on any atom is -0.466 e. The smallest absolute Gasteiger partial charge is 0.375 e. The summed E-state index contributed by atoms with van der Waals surface area (Å²) in [6.45, 7) is 6.12. The van der Waals surface area contributed by atoms with Gasteiger partial charge in [-0.1, -0.05) is 6.58 Å². The molecule has 1 atom stereocenters. The van der Waals surface area contributed by atoms with Crippen molar-refractivity contribution in [3.8, 4) is 0 Å². The van der Waals surface area contributed by atoms with Crippen LogP contribution in [-0.2, 0) is 19.1 Å². The summed E-state index contributed by atoms with van der Waals surface area (Å²) in [6.07, 6.45) is 2.22. The van der Waals surface area contributed by atoms with Gasteiger partial charge in [-0.2, -0.15) is 5.10 Å². The lowest BCUT2D eigenvalue weighted by atomic mass is 10.2. The first kappa shape index (κ1) is 17.6. The first-order chi connectivity index (χ1) is 11.4. The molecule has 1 aliphatic heterocycles. The maximum Gasteiger partial charge on any atom is 0.375 e. The molecular weight excluding hydrogens is 316 g/mol. The predicted molar refractivity (Wildman–Crippen MR) is 82.0 cm³/mol. The van der Waals surface area contributed by atoms with Gasteiger partial charge >= 0.3 is 11.9 Å². The number of likely N-dealkylation sites (tertiary alicyclic amines) is 1. The molecule has 1 fully saturated rings. The average Bonchev–Trinajstić information content (AvgIpc) is 3.21. The largest absolute Gasteiger partial charge is 0.466 e. The zero-order chi connectivity index (χ0) is 17.7. The van der Waals surface area contributed by atoms with Crippen molar-refractivity contribution in [2.75, 3.05) is 26.8 Å². The number of ether oxygens (including phenoxy) is 2. The van der Waals surface area contributed by atoms with Gasteiger partial charge in [0.15, 0.2) is 0 Å². The number of aromatic nitrogens is 3. The summed E-state index contributed by atoms with van der Waals surface area (Å²) >= 11 is 0. The van der Waals surface area contributed by atoms with E-state index in [0.29, 0.717) is 25.1 Å². The number of carbonyl (C=O) groups is 3. The van der Waals surface area contributed by atoms with Crippen molar-refractivity contribution < 1.29 is 23.9 Å². The Morgan fingerprint density at radius 1 is 1.42 bits per heavy atom. The lowest BCUT2D eigenvalue weighted by Gasteiger charge is -2.18. The van der Waals surface area contributed by atoms with Gasteiger partial charge in [0.25, 0.3) is 0 Å². The molecule has 2 heterocycles. The van der Waals surface area contributed by atoms with Crippen LogP contribution in [0.1, 0.15) is 36.4 Å². The van der Waals surface area contributed by atoms with E-state index in [2.05, 4.69) is 21.4 Å². The molecule has 1 saturated heterocycles. The molecule has 0 aliphatic carbocycles. The monoisotopic (exact) mass is 336 g/mol. The SMILES string of the molecule is C=C(CCOC(C)=O)C(=O)N1CCC(n2ncnc2C(=O)OC)C1. The first-order valence-corrected chi connectivity index (χ1v) is 7.52. The highest BCUT2D eigenvalue weighted by Crippen LogP contribution is 2.23. The molecule has 9 nitrogen and oxygen atoms in total. The average molecular weight is 336 g/mol. The molecule has 0 bridgehead atoms. The lowest BCUT2D eigenvalue weighted by Crippen LogP contribution is -2.31. The maximum atomic E-state index is 12.4. The molecule has 1 aromatic heterocycles. The van der Waals surface area contributed by atoms with E-state index >= 15 is 0 Å². The van der Waals surface area contributed by atoms with E-state index in [9.17, 15) is 14.4 Å². The summed E-state index contributed by atoms with van der Waals surface area (Å²) in [4.78, 5) is 40.3. The van der Waals surface area contributed by atoms with Crippen LogP contribution >= 0.6 is 0 Å². The standard InChI is InChI=1S/C15H20N4O5/c1-10(5-7-24-11(2)20)14(21)18-6-4-12(8-18)19-13(15(22)23-3)16-9-17-19/h9,12H,1,4-8H2,2-3H3. The lowest BCUT2D eigenvalue weighted by molar-refractivity contribution is -0.141. The number of amides is 1. The van der Waals surface area contributed by atoms with Crippen molar-refractivity contribution in [1.82, 2.24) is 19.7 Å². The molecule has 1 unspecified atom stereocenters. The van der Waals surface area contributed by atoms with Crippen molar-refractivity contribution in [3.63, 3.8) is 0 Å². The van der Waals surface area contributed by atoms with Crippen LogP contribution in [0.3, 0.4) is 0 Å². The van der Waals surface area contributed by atoms with Crippen LogP contribution < -0.4 is 0 Å². The fraction of sp³-hybridized carbons (Fsp3) is 0.533. The highest BCUT2D eigenvalue weighted by molar-refractivity contribution is 5.93. The van der Waals surface area contributed by atoms with E-state index in [1.54, 1.807) is 4.90 Å². The van der Waals surface area contributed by atoms with Gasteiger partial charge in [0.1, 0.15) is 6.33 Å². The Kier molecular flexibility index (Phi) is 5.67. The van der Waals surface area contributed by atoms with E-state index in [1.807, 2.05) is 0 Å². The molecule has 1 aliphatic rings. The number of carbonyl (C=O) groups excluding carboxylic acids is 3. The van der Waals surface area contributed by atoms with Gasteiger partial charge in [0, 0.05) is 32.0 Å². The van der Waals surface area contributed by atoms with Crippen LogP contribution in [0.15, 0.2) is 18.5 Å². The van der Waals surface area contributed by atoms with Gasteiger partial charge in [-0.15, -0.1) is 0 Å². The third kappa shape index (κ3) is 3.98. The third-order valence-electron chi connectivity index (χ3n) is 3.75. The van der Waals surface area contributed by atoms with Crippen LogP contribution in [0.5, 0.6) is 0 Å². The second kappa shape index (κ2) is 7.71. The summed E-state index contributed by atoms with van der Waals surface area (Å²) in [5, 5.41) is 4.06. The van der Waals surface area contributed by atoms with Crippen molar-refractivity contribution >= 4 is 17.8 Å². The Balaban J connectivity index is 1.94. The molecule has 24 heavy (non-hydrogen) atoms. The Bertz CT molecular complexity index is 654. The minimum absolute atomic E-state index is 0.116. The van der Waals surface area contributed by atoms with Gasteiger partial charge < -0.3 is 14.4 Å². The molecule has 130 valence electrons. The fourth-order valence-electron chi connectivity index (χ4n) is 2.53. The summed E-state index contributed by atoms with van der Waals surface area (Å²) in [5.41, 5.74) is 0.378. The zero-order valence-corrected chi connectivity index (χ0v) is 13.7. The van der Waals surface area contributed by atoms with Gasteiger partial charge in [-0.25, -0.2) is 14.5 Å². The molecule has 9 heteroatoms. The highest BCUT2D eigenvalue weighted by atomic mass is 16.5. The highest BCUT2D eigenvalue weighted by Gasteiger charge is 2.31. The maximum absolute atomic E-state index is 12.4. The van der Waals surface area contributed by atoms with Crippen LogP contribution in [0.25, 0.3) is 0 Å². The molecular formula is C15H20N4O5. The van der Waals surface area contributed by atoms with Crippen LogP contribution in [0, 0.1) is 0 Å². The molecule has 1 amide bonds. The Labute approximate surface area is 139 Å². The van der Waals surface area contributed by atoms with E-state index < -0.39 is 11.9 Å². The van der Waals surface area contributed by atoms with E-state index in [4.69, 9.17) is 4.74 Å². The Hall–Kier alpha value is -2.71. The summed E-state index contributed by atoms with van der Waals surface area (Å²) < 4.78 is 11.0. The molecule has 2 rings (SSSR count).